The van der Waals surface area contributed by atoms with Gasteiger partial charge in [-0.05, 0) is 24.7 Å². The largest absolute Gasteiger partial charge is 0.355 e. The van der Waals surface area contributed by atoms with Crippen molar-refractivity contribution < 1.29 is 4.79 Å². The third-order valence-electron chi connectivity index (χ3n) is 2.55. The number of alkyl halides is 1. The lowest BCUT2D eigenvalue weighted by molar-refractivity contribution is -0.120. The first-order valence-corrected chi connectivity index (χ1v) is 4.96. The lowest BCUT2D eigenvalue weighted by Gasteiger charge is -2.18. The van der Waals surface area contributed by atoms with Crippen LogP contribution in [-0.4, -0.2) is 17.8 Å². The van der Waals surface area contributed by atoms with Gasteiger partial charge in [0, 0.05) is 6.54 Å². The Hall–Kier alpha value is -0.240. The van der Waals surface area contributed by atoms with Gasteiger partial charge in [-0.1, -0.05) is 13.8 Å². The molecule has 1 aliphatic heterocycles. The van der Waals surface area contributed by atoms with Crippen LogP contribution in [0.5, 0.6) is 0 Å². The van der Waals surface area contributed by atoms with E-state index in [-0.39, 0.29) is 11.3 Å². The SMILES string of the molecule is CC(C)C1CCNC(=O)C(Cl)C1. The van der Waals surface area contributed by atoms with Crippen LogP contribution in [0.2, 0.25) is 0 Å². The summed E-state index contributed by atoms with van der Waals surface area (Å²) in [5, 5.41) is 2.49. The summed E-state index contributed by atoms with van der Waals surface area (Å²) in [6, 6.07) is 0. The first-order chi connectivity index (χ1) is 5.61. The molecule has 0 bridgehead atoms. The lowest BCUT2D eigenvalue weighted by Crippen LogP contribution is -2.29. The maximum atomic E-state index is 11.1. The Kier molecular flexibility index (Phi) is 3.39. The van der Waals surface area contributed by atoms with Gasteiger partial charge in [0.05, 0.1) is 0 Å². The molecule has 0 saturated carbocycles. The molecular formula is C9H16ClNO. The summed E-state index contributed by atoms with van der Waals surface area (Å²) in [6.45, 7) is 5.15. The molecule has 70 valence electrons. The third kappa shape index (κ3) is 2.37. The van der Waals surface area contributed by atoms with E-state index in [0.717, 1.165) is 19.4 Å². The van der Waals surface area contributed by atoms with Crippen molar-refractivity contribution in [2.24, 2.45) is 11.8 Å². The van der Waals surface area contributed by atoms with E-state index >= 15 is 0 Å². The van der Waals surface area contributed by atoms with Crippen LogP contribution in [-0.2, 0) is 4.79 Å². The number of rotatable bonds is 1. The van der Waals surface area contributed by atoms with Gasteiger partial charge in [0.15, 0.2) is 0 Å². The van der Waals surface area contributed by atoms with Gasteiger partial charge in [0.1, 0.15) is 5.38 Å². The van der Waals surface area contributed by atoms with E-state index < -0.39 is 0 Å². The molecule has 0 aromatic heterocycles. The van der Waals surface area contributed by atoms with Gasteiger partial charge in [0.25, 0.3) is 0 Å². The number of hydrogen-bond donors (Lipinski definition) is 1. The van der Waals surface area contributed by atoms with E-state index in [1.165, 1.54) is 0 Å². The summed E-state index contributed by atoms with van der Waals surface area (Å²) in [6.07, 6.45) is 1.89. The minimum Gasteiger partial charge on any atom is -0.355 e. The summed E-state index contributed by atoms with van der Waals surface area (Å²) in [5.74, 6) is 1.21. The minimum absolute atomic E-state index is 0.000170. The number of halogens is 1. The number of carbonyl (C=O) groups is 1. The molecule has 0 radical (unpaired) electrons. The van der Waals surface area contributed by atoms with Gasteiger partial charge in [-0.3, -0.25) is 4.79 Å². The predicted octanol–water partition coefficient (Wildman–Crippen LogP) is 1.78. The first-order valence-electron chi connectivity index (χ1n) is 4.53. The van der Waals surface area contributed by atoms with E-state index in [0.29, 0.717) is 11.8 Å². The van der Waals surface area contributed by atoms with Crippen LogP contribution in [0.3, 0.4) is 0 Å². The molecule has 0 aliphatic carbocycles. The number of hydrogen-bond acceptors (Lipinski definition) is 1. The van der Waals surface area contributed by atoms with Gasteiger partial charge in [-0.2, -0.15) is 0 Å². The van der Waals surface area contributed by atoms with Crippen molar-refractivity contribution in [1.29, 1.82) is 0 Å². The van der Waals surface area contributed by atoms with Crippen molar-refractivity contribution in [1.82, 2.24) is 5.32 Å². The van der Waals surface area contributed by atoms with Gasteiger partial charge in [-0.25, -0.2) is 0 Å². The Morgan fingerprint density at radius 1 is 1.58 bits per heavy atom. The smallest absolute Gasteiger partial charge is 0.238 e. The molecule has 0 spiro atoms. The van der Waals surface area contributed by atoms with Crippen LogP contribution in [0.15, 0.2) is 0 Å². The van der Waals surface area contributed by atoms with Crippen LogP contribution in [0.1, 0.15) is 26.7 Å². The van der Waals surface area contributed by atoms with Gasteiger partial charge >= 0.3 is 0 Å². The maximum absolute atomic E-state index is 11.1. The standard InChI is InChI=1S/C9H16ClNO/c1-6(2)7-3-4-11-9(12)8(10)5-7/h6-8H,3-5H2,1-2H3,(H,11,12). The Labute approximate surface area is 78.7 Å². The number of carbonyl (C=O) groups excluding carboxylic acids is 1. The highest BCUT2D eigenvalue weighted by atomic mass is 35.5. The zero-order valence-corrected chi connectivity index (χ0v) is 8.40. The average molecular weight is 190 g/mol. The molecule has 12 heavy (non-hydrogen) atoms. The average Bonchev–Trinajstić information content (AvgIpc) is 2.15. The first kappa shape index (κ1) is 9.85. The van der Waals surface area contributed by atoms with E-state index in [4.69, 9.17) is 11.6 Å². The van der Waals surface area contributed by atoms with Crippen molar-refractivity contribution in [3.8, 4) is 0 Å². The fraction of sp³-hybridized carbons (Fsp3) is 0.889. The molecule has 0 aromatic rings. The summed E-state index contributed by atoms with van der Waals surface area (Å²) in [5.41, 5.74) is 0. The molecule has 1 N–H and O–H groups in total. The van der Waals surface area contributed by atoms with Crippen LogP contribution in [0.4, 0.5) is 0 Å². The lowest BCUT2D eigenvalue weighted by atomic mass is 9.89. The molecule has 3 heteroatoms. The molecule has 1 saturated heterocycles. The normalized spacial score (nSPS) is 31.5. The van der Waals surface area contributed by atoms with Gasteiger partial charge in [0.2, 0.25) is 5.91 Å². The summed E-state index contributed by atoms with van der Waals surface area (Å²) in [7, 11) is 0. The Balaban J connectivity index is 2.54. The van der Waals surface area contributed by atoms with Crippen molar-refractivity contribution in [3.63, 3.8) is 0 Å². The molecule has 2 atom stereocenters. The van der Waals surface area contributed by atoms with Gasteiger partial charge in [-0.15, -0.1) is 11.6 Å². The molecule has 0 aromatic carbocycles. The van der Waals surface area contributed by atoms with Crippen molar-refractivity contribution in [2.45, 2.75) is 32.1 Å². The zero-order valence-electron chi connectivity index (χ0n) is 7.64. The number of nitrogens with one attached hydrogen (secondary N) is 1. The second-order valence-electron chi connectivity index (χ2n) is 3.79. The van der Waals surface area contributed by atoms with Gasteiger partial charge < -0.3 is 5.32 Å². The Morgan fingerprint density at radius 2 is 2.25 bits per heavy atom. The highest BCUT2D eigenvalue weighted by Gasteiger charge is 2.25. The third-order valence-corrected chi connectivity index (χ3v) is 2.93. The van der Waals surface area contributed by atoms with Crippen LogP contribution < -0.4 is 5.32 Å². The van der Waals surface area contributed by atoms with Crippen molar-refractivity contribution >= 4 is 17.5 Å². The predicted molar refractivity (Wildman–Crippen MR) is 50.2 cm³/mol. The Morgan fingerprint density at radius 3 is 2.83 bits per heavy atom. The molecular weight excluding hydrogens is 174 g/mol. The second-order valence-corrected chi connectivity index (χ2v) is 4.31. The molecule has 1 amide bonds. The summed E-state index contributed by atoms with van der Waals surface area (Å²) in [4.78, 5) is 11.1. The summed E-state index contributed by atoms with van der Waals surface area (Å²) < 4.78 is 0. The summed E-state index contributed by atoms with van der Waals surface area (Å²) >= 11 is 5.90. The van der Waals surface area contributed by atoms with Crippen molar-refractivity contribution in [3.05, 3.63) is 0 Å². The fourth-order valence-electron chi connectivity index (χ4n) is 1.59. The van der Waals surface area contributed by atoms with E-state index in [1.807, 2.05) is 0 Å². The fourth-order valence-corrected chi connectivity index (χ4v) is 1.89. The maximum Gasteiger partial charge on any atom is 0.238 e. The molecule has 1 heterocycles. The monoisotopic (exact) mass is 189 g/mol. The highest BCUT2D eigenvalue weighted by molar-refractivity contribution is 6.30. The van der Waals surface area contributed by atoms with Crippen LogP contribution in [0.25, 0.3) is 0 Å². The molecule has 1 fully saturated rings. The quantitative estimate of drug-likeness (QED) is 0.626. The zero-order chi connectivity index (χ0) is 9.14. The van der Waals surface area contributed by atoms with Crippen LogP contribution in [0, 0.1) is 11.8 Å². The Bertz CT molecular complexity index is 170. The molecule has 1 aliphatic rings. The highest BCUT2D eigenvalue weighted by Crippen LogP contribution is 2.24. The second kappa shape index (κ2) is 4.13. The topological polar surface area (TPSA) is 29.1 Å². The van der Waals surface area contributed by atoms with E-state index in [1.54, 1.807) is 0 Å². The minimum atomic E-state index is -0.320. The molecule has 2 unspecified atom stereocenters. The van der Waals surface area contributed by atoms with Crippen molar-refractivity contribution in [2.75, 3.05) is 6.54 Å². The number of amides is 1. The molecule has 1 rings (SSSR count). The molecule has 2 nitrogen and oxygen atoms in total. The van der Waals surface area contributed by atoms with Crippen LogP contribution >= 0.6 is 11.6 Å². The van der Waals surface area contributed by atoms with E-state index in [9.17, 15) is 4.79 Å². The van der Waals surface area contributed by atoms with E-state index in [2.05, 4.69) is 19.2 Å².